The first-order valence-corrected chi connectivity index (χ1v) is 6.93. The minimum atomic E-state index is -0.274. The molecule has 0 fully saturated rings. The fourth-order valence-electron chi connectivity index (χ4n) is 1.77. The molecule has 0 aliphatic rings. The van der Waals surface area contributed by atoms with Crippen LogP contribution < -0.4 is 11.1 Å². The standard InChI is InChI=1S/C18H10N4O2/c23-17-9-10-20-16(22-17)8-6-14-3-1-13(2-4-14)5-7-15-11-19-12-21-18(15)24/h1-4,9-12H,(H,19,21,24)(H,20,22,23). The van der Waals surface area contributed by atoms with Crippen molar-refractivity contribution in [1.29, 1.82) is 0 Å². The summed E-state index contributed by atoms with van der Waals surface area (Å²) in [4.78, 5) is 35.4. The number of benzene rings is 1. The van der Waals surface area contributed by atoms with Crippen molar-refractivity contribution in [2.75, 3.05) is 0 Å². The Balaban J connectivity index is 1.79. The summed E-state index contributed by atoms with van der Waals surface area (Å²) in [5.74, 6) is 11.7. The number of rotatable bonds is 0. The van der Waals surface area contributed by atoms with Crippen LogP contribution in [0, 0.1) is 23.7 Å². The average molecular weight is 314 g/mol. The van der Waals surface area contributed by atoms with Crippen molar-refractivity contribution < 1.29 is 0 Å². The summed E-state index contributed by atoms with van der Waals surface area (Å²) in [6.45, 7) is 0. The molecule has 2 heterocycles. The van der Waals surface area contributed by atoms with E-state index in [-0.39, 0.29) is 11.1 Å². The molecule has 0 spiro atoms. The van der Waals surface area contributed by atoms with Crippen LogP contribution in [0.3, 0.4) is 0 Å². The summed E-state index contributed by atoms with van der Waals surface area (Å²) >= 11 is 0. The Morgan fingerprint density at radius 2 is 1.58 bits per heavy atom. The molecule has 6 nitrogen and oxygen atoms in total. The molecule has 6 heteroatoms. The van der Waals surface area contributed by atoms with Crippen LogP contribution in [0.1, 0.15) is 22.5 Å². The van der Waals surface area contributed by atoms with Gasteiger partial charge in [0, 0.05) is 29.6 Å². The lowest BCUT2D eigenvalue weighted by Gasteiger charge is -1.92. The molecule has 0 amide bonds. The first kappa shape index (κ1) is 15.0. The first-order chi connectivity index (χ1) is 11.7. The van der Waals surface area contributed by atoms with E-state index in [4.69, 9.17) is 0 Å². The fourth-order valence-corrected chi connectivity index (χ4v) is 1.77. The number of aromatic nitrogens is 4. The van der Waals surface area contributed by atoms with Crippen molar-refractivity contribution >= 4 is 0 Å². The monoisotopic (exact) mass is 314 g/mol. The molecule has 0 saturated heterocycles. The molecule has 0 atom stereocenters. The van der Waals surface area contributed by atoms with Gasteiger partial charge in [0.05, 0.1) is 6.33 Å². The van der Waals surface area contributed by atoms with E-state index in [1.807, 2.05) is 0 Å². The lowest BCUT2D eigenvalue weighted by Crippen LogP contribution is -2.09. The van der Waals surface area contributed by atoms with Gasteiger partial charge in [0.1, 0.15) is 5.56 Å². The van der Waals surface area contributed by atoms with Crippen LogP contribution >= 0.6 is 0 Å². The molecule has 114 valence electrons. The minimum absolute atomic E-state index is 0.245. The summed E-state index contributed by atoms with van der Waals surface area (Å²) in [7, 11) is 0. The number of aromatic amines is 2. The number of H-pyrrole nitrogens is 2. The lowest BCUT2D eigenvalue weighted by molar-refractivity contribution is 1.08. The highest BCUT2D eigenvalue weighted by molar-refractivity contribution is 5.45. The third-order valence-electron chi connectivity index (χ3n) is 2.94. The summed E-state index contributed by atoms with van der Waals surface area (Å²) in [6.07, 6.45) is 4.14. The van der Waals surface area contributed by atoms with Crippen molar-refractivity contribution in [3.05, 3.63) is 92.3 Å². The average Bonchev–Trinajstić information content (AvgIpc) is 2.60. The Hall–Kier alpha value is -3.90. The minimum Gasteiger partial charge on any atom is -0.312 e. The number of nitrogens with one attached hydrogen (secondary N) is 2. The molecule has 0 aliphatic carbocycles. The zero-order chi connectivity index (χ0) is 16.8. The third-order valence-corrected chi connectivity index (χ3v) is 2.94. The summed E-state index contributed by atoms with van der Waals surface area (Å²) in [6, 6.07) is 8.51. The summed E-state index contributed by atoms with van der Waals surface area (Å²) < 4.78 is 0. The number of hydrogen-bond acceptors (Lipinski definition) is 4. The molecular weight excluding hydrogens is 304 g/mol. The second kappa shape index (κ2) is 6.91. The van der Waals surface area contributed by atoms with E-state index < -0.39 is 0 Å². The second-order valence-corrected chi connectivity index (χ2v) is 4.65. The molecule has 0 bridgehead atoms. The van der Waals surface area contributed by atoms with Gasteiger partial charge in [0.15, 0.2) is 5.82 Å². The topological polar surface area (TPSA) is 91.5 Å². The van der Waals surface area contributed by atoms with Gasteiger partial charge in [-0.1, -0.05) is 17.8 Å². The van der Waals surface area contributed by atoms with E-state index in [9.17, 15) is 9.59 Å². The van der Waals surface area contributed by atoms with E-state index >= 15 is 0 Å². The SMILES string of the molecule is O=c1ccnc(C#Cc2ccc(C#Cc3cnc[nH]c3=O)cc2)[nH]1. The Kier molecular flexibility index (Phi) is 4.32. The first-order valence-electron chi connectivity index (χ1n) is 6.93. The lowest BCUT2D eigenvalue weighted by atomic mass is 10.1. The van der Waals surface area contributed by atoms with Gasteiger partial charge in [-0.3, -0.25) is 14.6 Å². The van der Waals surface area contributed by atoms with Gasteiger partial charge < -0.3 is 4.98 Å². The maximum Gasteiger partial charge on any atom is 0.266 e. The highest BCUT2D eigenvalue weighted by Gasteiger charge is 1.94. The van der Waals surface area contributed by atoms with Crippen LogP contribution in [0.2, 0.25) is 0 Å². The summed E-state index contributed by atoms with van der Waals surface area (Å²) in [5, 5.41) is 0. The Morgan fingerprint density at radius 1 is 0.875 bits per heavy atom. The highest BCUT2D eigenvalue weighted by atomic mass is 16.1. The van der Waals surface area contributed by atoms with E-state index in [1.165, 1.54) is 24.8 Å². The zero-order valence-corrected chi connectivity index (χ0v) is 12.3. The van der Waals surface area contributed by atoms with Crippen molar-refractivity contribution in [2.24, 2.45) is 0 Å². The maximum atomic E-state index is 11.5. The van der Waals surface area contributed by atoms with Gasteiger partial charge in [0.25, 0.3) is 11.1 Å². The highest BCUT2D eigenvalue weighted by Crippen LogP contribution is 2.02. The predicted octanol–water partition coefficient (Wildman–Crippen LogP) is 0.653. The smallest absolute Gasteiger partial charge is 0.266 e. The van der Waals surface area contributed by atoms with E-state index in [2.05, 4.69) is 43.6 Å². The number of hydrogen-bond donors (Lipinski definition) is 2. The fraction of sp³-hybridized carbons (Fsp3) is 0. The molecule has 3 rings (SSSR count). The predicted molar refractivity (Wildman–Crippen MR) is 88.1 cm³/mol. The second-order valence-electron chi connectivity index (χ2n) is 4.65. The Bertz CT molecular complexity index is 1100. The van der Waals surface area contributed by atoms with E-state index in [1.54, 1.807) is 24.3 Å². The van der Waals surface area contributed by atoms with Crippen LogP contribution in [0.5, 0.6) is 0 Å². The molecule has 24 heavy (non-hydrogen) atoms. The van der Waals surface area contributed by atoms with Crippen LogP contribution in [0.25, 0.3) is 0 Å². The van der Waals surface area contributed by atoms with Crippen LogP contribution in [-0.2, 0) is 0 Å². The van der Waals surface area contributed by atoms with Gasteiger partial charge in [-0.15, -0.1) is 0 Å². The molecule has 0 saturated carbocycles. The van der Waals surface area contributed by atoms with Gasteiger partial charge in [-0.05, 0) is 30.2 Å². The molecular formula is C18H10N4O2. The van der Waals surface area contributed by atoms with Crippen molar-refractivity contribution in [3.8, 4) is 23.7 Å². The molecule has 0 aliphatic heterocycles. The Labute approximate surface area is 136 Å². The quantitative estimate of drug-likeness (QED) is 0.596. The van der Waals surface area contributed by atoms with Gasteiger partial charge in [0.2, 0.25) is 0 Å². The van der Waals surface area contributed by atoms with Gasteiger partial charge in [-0.25, -0.2) is 9.97 Å². The molecule has 3 aromatic rings. The van der Waals surface area contributed by atoms with Gasteiger partial charge >= 0.3 is 0 Å². The van der Waals surface area contributed by atoms with E-state index in [0.717, 1.165) is 11.1 Å². The number of nitrogens with zero attached hydrogens (tertiary/aromatic N) is 2. The van der Waals surface area contributed by atoms with Crippen LogP contribution in [-0.4, -0.2) is 19.9 Å². The normalized spacial score (nSPS) is 9.33. The van der Waals surface area contributed by atoms with E-state index in [0.29, 0.717) is 11.4 Å². The largest absolute Gasteiger partial charge is 0.312 e. The Morgan fingerprint density at radius 3 is 2.25 bits per heavy atom. The van der Waals surface area contributed by atoms with Crippen molar-refractivity contribution in [3.63, 3.8) is 0 Å². The molecule has 0 unspecified atom stereocenters. The molecule has 2 aromatic heterocycles. The molecule has 2 N–H and O–H groups in total. The van der Waals surface area contributed by atoms with Crippen LogP contribution in [0.4, 0.5) is 0 Å². The third kappa shape index (κ3) is 3.85. The summed E-state index contributed by atoms with van der Waals surface area (Å²) in [5.41, 5.74) is 1.29. The van der Waals surface area contributed by atoms with Crippen molar-refractivity contribution in [2.45, 2.75) is 0 Å². The van der Waals surface area contributed by atoms with Gasteiger partial charge in [-0.2, -0.15) is 0 Å². The van der Waals surface area contributed by atoms with Crippen LogP contribution in [0.15, 0.2) is 58.6 Å². The molecule has 1 aromatic carbocycles. The molecule has 0 radical (unpaired) electrons. The zero-order valence-electron chi connectivity index (χ0n) is 12.3. The maximum absolute atomic E-state index is 11.5. The van der Waals surface area contributed by atoms with Crippen molar-refractivity contribution in [1.82, 2.24) is 19.9 Å².